The van der Waals surface area contributed by atoms with Crippen molar-refractivity contribution in [1.82, 2.24) is 0 Å². The van der Waals surface area contributed by atoms with Gasteiger partial charge in [-0.2, -0.15) is 0 Å². The Hall–Kier alpha value is -4.47. The van der Waals surface area contributed by atoms with Gasteiger partial charge in [0.25, 0.3) is 0 Å². The van der Waals surface area contributed by atoms with Crippen LogP contribution in [0.1, 0.15) is 0 Å². The smallest absolute Gasteiger partial charge is 0.325 e. The van der Waals surface area contributed by atoms with E-state index in [1.807, 2.05) is 0 Å². The number of carbonyl (C=O) groups excluding carboxylic acids is 2. The number of carbonyl (C=O) groups is 2. The predicted molar refractivity (Wildman–Crippen MR) is 122 cm³/mol. The fourth-order valence-electron chi connectivity index (χ4n) is 3.73. The Morgan fingerprint density at radius 1 is 0.943 bits per heavy atom. The zero-order chi connectivity index (χ0) is 25.3. The average molecular weight is 483 g/mol. The quantitative estimate of drug-likeness (QED) is 0.327. The number of anilines is 1. The SMILES string of the molecule is COC(=O)CN(CC(=O)OC)c1ccc(-c2c3cc(F)c(=O)cc-3oc3cc(O)c(F)cc23)cc1. The molecular weight excluding hydrogens is 464 g/mol. The number of phenols is 1. The third-order valence-electron chi connectivity index (χ3n) is 5.46. The Morgan fingerprint density at radius 2 is 1.57 bits per heavy atom. The Balaban J connectivity index is 1.88. The Labute approximate surface area is 197 Å². The summed E-state index contributed by atoms with van der Waals surface area (Å²) in [6.07, 6.45) is 0. The average Bonchev–Trinajstić information content (AvgIpc) is 2.84. The number of aromatic hydroxyl groups is 1. The molecule has 0 unspecified atom stereocenters. The van der Waals surface area contributed by atoms with Crippen molar-refractivity contribution in [3.8, 4) is 28.2 Å². The summed E-state index contributed by atoms with van der Waals surface area (Å²) in [5, 5.41) is 10.0. The molecule has 1 aliphatic heterocycles. The lowest BCUT2D eigenvalue weighted by Crippen LogP contribution is -2.35. The zero-order valence-electron chi connectivity index (χ0n) is 18.6. The van der Waals surface area contributed by atoms with Crippen molar-refractivity contribution >= 4 is 28.6 Å². The van der Waals surface area contributed by atoms with Gasteiger partial charge in [0.2, 0.25) is 5.43 Å². The molecule has 35 heavy (non-hydrogen) atoms. The van der Waals surface area contributed by atoms with Gasteiger partial charge in [-0.25, -0.2) is 8.78 Å². The van der Waals surface area contributed by atoms with Gasteiger partial charge in [-0.15, -0.1) is 0 Å². The molecule has 0 fully saturated rings. The third kappa shape index (κ3) is 4.63. The summed E-state index contributed by atoms with van der Waals surface area (Å²) in [6.45, 7) is -0.438. The predicted octanol–water partition coefficient (Wildman–Crippen LogP) is 3.70. The van der Waals surface area contributed by atoms with Crippen LogP contribution < -0.4 is 10.3 Å². The number of ether oxygens (including phenoxy) is 2. The maximum absolute atomic E-state index is 14.3. The van der Waals surface area contributed by atoms with Crippen molar-refractivity contribution in [1.29, 1.82) is 0 Å². The normalized spacial score (nSPS) is 11.0. The summed E-state index contributed by atoms with van der Waals surface area (Å²) >= 11 is 0. The Kier molecular flexibility index (Phi) is 6.37. The molecule has 0 radical (unpaired) electrons. The van der Waals surface area contributed by atoms with E-state index in [4.69, 9.17) is 4.42 Å². The van der Waals surface area contributed by atoms with Crippen LogP contribution in [0.5, 0.6) is 5.75 Å². The van der Waals surface area contributed by atoms with E-state index in [1.165, 1.54) is 19.1 Å². The highest BCUT2D eigenvalue weighted by atomic mass is 19.1. The van der Waals surface area contributed by atoms with Gasteiger partial charge >= 0.3 is 11.9 Å². The lowest BCUT2D eigenvalue weighted by atomic mass is 9.93. The number of rotatable bonds is 6. The summed E-state index contributed by atoms with van der Waals surface area (Å²) in [5.74, 6) is -3.66. The van der Waals surface area contributed by atoms with E-state index in [-0.39, 0.29) is 35.4 Å². The van der Waals surface area contributed by atoms with Crippen molar-refractivity contribution in [2.45, 2.75) is 0 Å². The molecule has 1 aliphatic carbocycles. The monoisotopic (exact) mass is 483 g/mol. The molecule has 0 atom stereocenters. The summed E-state index contributed by atoms with van der Waals surface area (Å²) in [7, 11) is 2.45. The second-order valence-corrected chi connectivity index (χ2v) is 7.61. The number of phenolic OH excluding ortho intramolecular Hbond substituents is 1. The van der Waals surface area contributed by atoms with Gasteiger partial charge in [0, 0.05) is 34.3 Å². The minimum absolute atomic E-state index is 0.0481. The fraction of sp³-hybridized carbons (Fsp3) is 0.160. The number of esters is 2. The molecule has 0 spiro atoms. The van der Waals surface area contributed by atoms with Crippen LogP contribution in [0.4, 0.5) is 14.5 Å². The number of hydrogen-bond acceptors (Lipinski definition) is 8. The van der Waals surface area contributed by atoms with Crippen molar-refractivity contribution < 1.29 is 37.4 Å². The van der Waals surface area contributed by atoms with Gasteiger partial charge in [-0.1, -0.05) is 12.1 Å². The van der Waals surface area contributed by atoms with Crippen LogP contribution in [0, 0.1) is 11.6 Å². The molecular formula is C25H19F2NO7. The van der Waals surface area contributed by atoms with Crippen LogP contribution in [0.25, 0.3) is 33.4 Å². The van der Waals surface area contributed by atoms with Crippen LogP contribution in [-0.2, 0) is 19.1 Å². The maximum Gasteiger partial charge on any atom is 0.325 e. The van der Waals surface area contributed by atoms with Crippen LogP contribution in [0.2, 0.25) is 0 Å². The van der Waals surface area contributed by atoms with E-state index in [9.17, 15) is 28.3 Å². The van der Waals surface area contributed by atoms with E-state index in [2.05, 4.69) is 9.47 Å². The third-order valence-corrected chi connectivity index (χ3v) is 5.46. The highest BCUT2D eigenvalue weighted by Crippen LogP contribution is 2.42. The number of hydrogen-bond donors (Lipinski definition) is 1. The number of benzene rings is 3. The van der Waals surface area contributed by atoms with E-state index < -0.39 is 34.8 Å². The van der Waals surface area contributed by atoms with Gasteiger partial charge in [0.05, 0.1) is 14.2 Å². The van der Waals surface area contributed by atoms with Crippen LogP contribution in [0.15, 0.2) is 57.7 Å². The van der Waals surface area contributed by atoms with Crippen LogP contribution in [-0.4, -0.2) is 44.4 Å². The largest absolute Gasteiger partial charge is 0.505 e. The Bertz CT molecular complexity index is 1450. The second kappa shape index (κ2) is 9.41. The van der Waals surface area contributed by atoms with E-state index in [0.717, 1.165) is 24.3 Å². The minimum Gasteiger partial charge on any atom is -0.505 e. The van der Waals surface area contributed by atoms with Crippen molar-refractivity contribution in [2.24, 2.45) is 0 Å². The first-order valence-corrected chi connectivity index (χ1v) is 10.3. The molecule has 0 bridgehead atoms. The van der Waals surface area contributed by atoms with Gasteiger partial charge < -0.3 is 23.9 Å². The van der Waals surface area contributed by atoms with E-state index >= 15 is 0 Å². The fourth-order valence-corrected chi connectivity index (χ4v) is 3.73. The van der Waals surface area contributed by atoms with Gasteiger partial charge in [0.1, 0.15) is 24.4 Å². The molecule has 10 heteroatoms. The molecule has 0 saturated heterocycles. The number of nitrogens with zero attached hydrogens (tertiary/aromatic N) is 1. The molecule has 2 aromatic carbocycles. The number of halogens is 2. The van der Waals surface area contributed by atoms with Crippen molar-refractivity contribution in [3.63, 3.8) is 0 Å². The van der Waals surface area contributed by atoms with E-state index in [0.29, 0.717) is 16.8 Å². The zero-order valence-corrected chi connectivity index (χ0v) is 18.6. The molecule has 1 heterocycles. The highest BCUT2D eigenvalue weighted by molar-refractivity contribution is 6.02. The first kappa shape index (κ1) is 23.7. The molecule has 0 amide bonds. The molecule has 0 saturated carbocycles. The minimum atomic E-state index is -1.01. The first-order valence-electron chi connectivity index (χ1n) is 10.3. The molecule has 2 aromatic rings. The first-order chi connectivity index (χ1) is 16.7. The summed E-state index contributed by atoms with van der Waals surface area (Å²) < 4.78 is 43.5. The van der Waals surface area contributed by atoms with Crippen molar-refractivity contribution in [3.05, 3.63) is 70.4 Å². The lowest BCUT2D eigenvalue weighted by Gasteiger charge is -2.23. The molecule has 180 valence electrons. The molecule has 1 N–H and O–H groups in total. The van der Waals surface area contributed by atoms with Gasteiger partial charge in [0.15, 0.2) is 17.4 Å². The van der Waals surface area contributed by atoms with Crippen LogP contribution >= 0.6 is 0 Å². The maximum atomic E-state index is 14.3. The molecule has 0 aromatic heterocycles. The summed E-state index contributed by atoms with van der Waals surface area (Å²) in [6, 6.07) is 10.6. The van der Waals surface area contributed by atoms with Gasteiger partial charge in [-0.05, 0) is 29.8 Å². The molecule has 2 aliphatic rings. The lowest BCUT2D eigenvalue weighted by molar-refractivity contribution is -0.140. The van der Waals surface area contributed by atoms with Crippen LogP contribution in [0.3, 0.4) is 0 Å². The topological polar surface area (TPSA) is 106 Å². The number of fused-ring (bicyclic) bond motifs is 2. The summed E-state index contributed by atoms with van der Waals surface area (Å²) in [4.78, 5) is 36.9. The van der Waals surface area contributed by atoms with E-state index in [1.54, 1.807) is 24.3 Å². The Morgan fingerprint density at radius 3 is 2.17 bits per heavy atom. The van der Waals surface area contributed by atoms with Gasteiger partial charge in [-0.3, -0.25) is 14.4 Å². The number of methoxy groups -OCH3 is 2. The molecule has 8 nitrogen and oxygen atoms in total. The molecule has 4 rings (SSSR count). The second-order valence-electron chi connectivity index (χ2n) is 7.61. The standard InChI is InChI=1S/C25H19F2NO7/c1-33-23(31)11-28(12-24(32)34-2)14-5-3-13(4-6-14)25-15-7-17(26)19(29)9-21(15)35-22-10-20(30)18(27)8-16(22)25/h3-10,29H,11-12H2,1-2H3. The summed E-state index contributed by atoms with van der Waals surface area (Å²) in [5.41, 5.74) is 0.759. The highest BCUT2D eigenvalue weighted by Gasteiger charge is 2.22. The van der Waals surface area contributed by atoms with Crippen molar-refractivity contribution in [2.75, 3.05) is 32.2 Å².